The summed E-state index contributed by atoms with van der Waals surface area (Å²) in [6.07, 6.45) is 4.98. The maximum Gasteiger partial charge on any atom is 0.320 e. The van der Waals surface area contributed by atoms with Crippen molar-refractivity contribution < 1.29 is 9.90 Å². The minimum atomic E-state index is -0.803. The summed E-state index contributed by atoms with van der Waals surface area (Å²) in [5, 5.41) is 10.5. The first-order chi connectivity index (χ1) is 11.5. The van der Waals surface area contributed by atoms with Crippen molar-refractivity contribution in [3.63, 3.8) is 0 Å². The van der Waals surface area contributed by atoms with E-state index in [4.69, 9.17) is 23.2 Å². The van der Waals surface area contributed by atoms with Crippen LogP contribution >= 0.6 is 23.2 Å². The van der Waals surface area contributed by atoms with E-state index in [2.05, 4.69) is 4.98 Å². The average Bonchev–Trinajstić information content (AvgIpc) is 3.03. The van der Waals surface area contributed by atoms with Crippen LogP contribution in [0.1, 0.15) is 35.6 Å². The lowest BCUT2D eigenvalue weighted by atomic mass is 9.94. The first-order valence-electron chi connectivity index (χ1n) is 7.83. The second-order valence-corrected chi connectivity index (χ2v) is 6.80. The van der Waals surface area contributed by atoms with E-state index >= 15 is 0 Å². The van der Waals surface area contributed by atoms with E-state index in [1.54, 1.807) is 18.5 Å². The van der Waals surface area contributed by atoms with Gasteiger partial charge >= 0.3 is 5.97 Å². The Morgan fingerprint density at radius 2 is 2.12 bits per heavy atom. The number of benzene rings is 1. The van der Waals surface area contributed by atoms with Crippen LogP contribution in [0.25, 0.3) is 0 Å². The summed E-state index contributed by atoms with van der Waals surface area (Å²) in [6, 6.07) is 6.63. The van der Waals surface area contributed by atoms with Crippen LogP contribution in [0.4, 0.5) is 0 Å². The fourth-order valence-electron chi connectivity index (χ4n) is 3.41. The summed E-state index contributed by atoms with van der Waals surface area (Å²) >= 11 is 12.7. The van der Waals surface area contributed by atoms with E-state index in [1.807, 2.05) is 30.0 Å². The van der Waals surface area contributed by atoms with E-state index in [0.29, 0.717) is 23.0 Å². The number of nitrogens with zero attached hydrogens (tertiary/aromatic N) is 2. The van der Waals surface area contributed by atoms with Crippen LogP contribution < -0.4 is 0 Å². The van der Waals surface area contributed by atoms with Gasteiger partial charge in [0.25, 0.3) is 0 Å². The van der Waals surface area contributed by atoms with Crippen molar-refractivity contribution in [1.29, 1.82) is 0 Å². The second-order valence-electron chi connectivity index (χ2n) is 6.01. The SMILES string of the molecule is Cc1cnccc1C(c1cccc(Cl)c1Cl)N1CCCC1C(=O)O. The third-order valence-electron chi connectivity index (χ3n) is 4.55. The van der Waals surface area contributed by atoms with Gasteiger partial charge in [0.15, 0.2) is 0 Å². The molecule has 1 fully saturated rings. The standard InChI is InChI=1S/C18H18Cl2N2O2/c1-11-10-21-8-7-12(11)17(13-4-2-5-14(19)16(13)20)22-9-3-6-15(22)18(23)24/h2,4-5,7-8,10,15,17H,3,6,9H2,1H3,(H,23,24). The monoisotopic (exact) mass is 364 g/mol. The highest BCUT2D eigenvalue weighted by molar-refractivity contribution is 6.42. The third-order valence-corrected chi connectivity index (χ3v) is 5.38. The molecule has 4 nitrogen and oxygen atoms in total. The highest BCUT2D eigenvalue weighted by Gasteiger charge is 2.38. The van der Waals surface area contributed by atoms with Crippen molar-refractivity contribution in [2.75, 3.05) is 6.54 Å². The van der Waals surface area contributed by atoms with E-state index in [9.17, 15) is 9.90 Å². The number of rotatable bonds is 4. The molecular weight excluding hydrogens is 347 g/mol. The Bertz CT molecular complexity index is 766. The first-order valence-corrected chi connectivity index (χ1v) is 8.59. The summed E-state index contributed by atoms with van der Waals surface area (Å²) < 4.78 is 0. The molecule has 0 aliphatic carbocycles. The zero-order chi connectivity index (χ0) is 17.3. The molecule has 1 aromatic heterocycles. The van der Waals surface area contributed by atoms with Gasteiger partial charge in [-0.05, 0) is 48.6 Å². The number of carboxylic acid groups (broad SMARTS) is 1. The predicted molar refractivity (Wildman–Crippen MR) is 94.6 cm³/mol. The minimum absolute atomic E-state index is 0.261. The summed E-state index contributed by atoms with van der Waals surface area (Å²) in [4.78, 5) is 17.9. The molecule has 3 rings (SSSR count). The van der Waals surface area contributed by atoms with Crippen LogP contribution in [-0.2, 0) is 4.79 Å². The van der Waals surface area contributed by atoms with E-state index in [1.165, 1.54) is 0 Å². The number of aryl methyl sites for hydroxylation is 1. The van der Waals surface area contributed by atoms with Crippen LogP contribution in [0.5, 0.6) is 0 Å². The summed E-state index contributed by atoms with van der Waals surface area (Å²) in [7, 11) is 0. The van der Waals surface area contributed by atoms with E-state index in [-0.39, 0.29) is 6.04 Å². The molecule has 2 heterocycles. The highest BCUT2D eigenvalue weighted by atomic mass is 35.5. The van der Waals surface area contributed by atoms with Crippen molar-refractivity contribution in [3.8, 4) is 0 Å². The molecule has 1 saturated heterocycles. The fourth-order valence-corrected chi connectivity index (χ4v) is 3.82. The Balaban J connectivity index is 2.16. The molecule has 2 unspecified atom stereocenters. The van der Waals surface area contributed by atoms with Gasteiger partial charge in [-0.2, -0.15) is 0 Å². The zero-order valence-electron chi connectivity index (χ0n) is 13.2. The number of aromatic nitrogens is 1. The van der Waals surface area contributed by atoms with Crippen LogP contribution in [0.15, 0.2) is 36.7 Å². The summed E-state index contributed by atoms with van der Waals surface area (Å²) in [6.45, 7) is 2.67. The number of carbonyl (C=O) groups is 1. The van der Waals surface area contributed by atoms with E-state index < -0.39 is 12.0 Å². The lowest BCUT2D eigenvalue weighted by Gasteiger charge is -2.33. The van der Waals surface area contributed by atoms with Gasteiger partial charge in [0.05, 0.1) is 16.1 Å². The van der Waals surface area contributed by atoms with Crippen molar-refractivity contribution in [3.05, 3.63) is 63.4 Å². The Labute approximate surface area is 151 Å². The molecule has 24 heavy (non-hydrogen) atoms. The second kappa shape index (κ2) is 7.09. The molecule has 0 amide bonds. The average molecular weight is 365 g/mol. The van der Waals surface area contributed by atoms with E-state index in [0.717, 1.165) is 23.1 Å². The van der Waals surface area contributed by atoms with Crippen molar-refractivity contribution in [2.45, 2.75) is 31.8 Å². The number of aliphatic carboxylic acids is 1. The van der Waals surface area contributed by atoms with Crippen LogP contribution in [0, 0.1) is 6.92 Å². The van der Waals surface area contributed by atoms with Crippen molar-refractivity contribution >= 4 is 29.2 Å². The molecule has 0 saturated carbocycles. The van der Waals surface area contributed by atoms with Crippen molar-refractivity contribution in [2.24, 2.45) is 0 Å². The highest BCUT2D eigenvalue weighted by Crippen LogP contribution is 2.40. The van der Waals surface area contributed by atoms with Crippen LogP contribution in [0.3, 0.4) is 0 Å². The molecule has 1 N–H and O–H groups in total. The normalized spacial score (nSPS) is 19.4. The number of hydrogen-bond donors (Lipinski definition) is 1. The summed E-state index contributed by atoms with van der Waals surface area (Å²) in [5.41, 5.74) is 2.82. The molecule has 0 spiro atoms. The van der Waals surface area contributed by atoms with Crippen LogP contribution in [0.2, 0.25) is 10.0 Å². The molecule has 1 aromatic carbocycles. The van der Waals surface area contributed by atoms with Gasteiger partial charge in [-0.3, -0.25) is 14.7 Å². The number of hydrogen-bond acceptors (Lipinski definition) is 3. The molecular formula is C18H18Cl2N2O2. The van der Waals surface area contributed by atoms with Gasteiger partial charge in [-0.1, -0.05) is 35.3 Å². The first kappa shape index (κ1) is 17.2. The molecule has 126 valence electrons. The number of pyridine rings is 1. The maximum atomic E-state index is 11.7. The quantitative estimate of drug-likeness (QED) is 0.876. The largest absolute Gasteiger partial charge is 0.480 e. The molecule has 2 atom stereocenters. The topological polar surface area (TPSA) is 53.4 Å². The minimum Gasteiger partial charge on any atom is -0.480 e. The summed E-state index contributed by atoms with van der Waals surface area (Å²) in [5.74, 6) is -0.803. The zero-order valence-corrected chi connectivity index (χ0v) is 14.8. The Morgan fingerprint density at radius 3 is 2.83 bits per heavy atom. The van der Waals surface area contributed by atoms with Gasteiger partial charge in [-0.25, -0.2) is 0 Å². The number of carboxylic acids is 1. The molecule has 1 aliphatic rings. The van der Waals surface area contributed by atoms with Gasteiger partial charge < -0.3 is 5.11 Å². The molecule has 2 aromatic rings. The maximum absolute atomic E-state index is 11.7. The van der Waals surface area contributed by atoms with Gasteiger partial charge in [0.1, 0.15) is 6.04 Å². The molecule has 1 aliphatic heterocycles. The van der Waals surface area contributed by atoms with Gasteiger partial charge in [0, 0.05) is 18.9 Å². The van der Waals surface area contributed by atoms with Crippen molar-refractivity contribution in [1.82, 2.24) is 9.88 Å². The van der Waals surface area contributed by atoms with Gasteiger partial charge in [-0.15, -0.1) is 0 Å². The van der Waals surface area contributed by atoms with Gasteiger partial charge in [0.2, 0.25) is 0 Å². The fraction of sp³-hybridized carbons (Fsp3) is 0.333. The Morgan fingerprint density at radius 1 is 1.33 bits per heavy atom. The predicted octanol–water partition coefficient (Wildman–Crippen LogP) is 4.34. The third kappa shape index (κ3) is 3.14. The molecule has 0 radical (unpaired) electrons. The molecule has 0 bridgehead atoms. The lowest BCUT2D eigenvalue weighted by Crippen LogP contribution is -2.39. The molecule has 6 heteroatoms. The van der Waals surface area contributed by atoms with Crippen LogP contribution in [-0.4, -0.2) is 33.5 Å². The Hall–Kier alpha value is -1.62. The number of halogens is 2. The number of likely N-dealkylation sites (tertiary alicyclic amines) is 1. The smallest absolute Gasteiger partial charge is 0.320 e. The lowest BCUT2D eigenvalue weighted by molar-refractivity contribution is -0.142. The Kier molecular flexibility index (Phi) is 5.09.